The van der Waals surface area contributed by atoms with E-state index in [2.05, 4.69) is 31.3 Å². The summed E-state index contributed by atoms with van der Waals surface area (Å²) in [7, 11) is 5.60. The molecular weight excluding hydrogens is 385 g/mol. The quantitative estimate of drug-likeness (QED) is 0.594. The molecule has 3 N–H and O–H groups in total. The van der Waals surface area contributed by atoms with Crippen molar-refractivity contribution in [2.45, 2.75) is 18.6 Å². The lowest BCUT2D eigenvalue weighted by Crippen LogP contribution is -2.51. The number of nitrogens with one attached hydrogen (secondary N) is 1. The van der Waals surface area contributed by atoms with Crippen LogP contribution in [0.4, 0.5) is 11.4 Å². The van der Waals surface area contributed by atoms with E-state index in [4.69, 9.17) is 10.5 Å². The van der Waals surface area contributed by atoms with E-state index in [0.29, 0.717) is 24.6 Å². The number of benzene rings is 2. The minimum absolute atomic E-state index is 0.125. The molecule has 2 atom stereocenters. The molecule has 0 fully saturated rings. The van der Waals surface area contributed by atoms with Crippen LogP contribution >= 0.6 is 8.86 Å². The molecule has 2 aliphatic rings. The fourth-order valence-corrected chi connectivity index (χ4v) is 3.76. The van der Waals surface area contributed by atoms with Gasteiger partial charge in [-0.25, -0.2) is 0 Å². The van der Waals surface area contributed by atoms with Crippen LogP contribution in [0.3, 0.4) is 0 Å². The fourth-order valence-electron chi connectivity index (χ4n) is 3.48. The minimum atomic E-state index is -0.440. The Kier molecular flexibility index (Phi) is 5.41. The number of fused-ring (bicyclic) bond motifs is 1. The van der Waals surface area contributed by atoms with Crippen molar-refractivity contribution in [3.8, 4) is 5.75 Å². The number of carbonyl (C=O) groups excluding carboxylic acids is 1. The number of ether oxygens (including phenoxy) is 1. The second-order valence-electron chi connectivity index (χ2n) is 7.24. The van der Waals surface area contributed by atoms with Crippen LogP contribution in [0.2, 0.25) is 0 Å². The third-order valence-corrected chi connectivity index (χ3v) is 5.79. The number of rotatable bonds is 4. The van der Waals surface area contributed by atoms with Crippen molar-refractivity contribution in [1.82, 2.24) is 10.2 Å². The van der Waals surface area contributed by atoms with Gasteiger partial charge in [-0.1, -0.05) is 39.2 Å². The topological polar surface area (TPSA) is 83.2 Å². The molecule has 0 radical (unpaired) electrons. The molecule has 7 nitrogen and oxygen atoms in total. The number of carbonyl (C=O) groups is 1. The maximum atomic E-state index is 12.8. The van der Waals surface area contributed by atoms with Crippen molar-refractivity contribution in [2.75, 3.05) is 30.8 Å². The lowest BCUT2D eigenvalue weighted by atomic mass is 10.2. The highest BCUT2D eigenvalue weighted by Gasteiger charge is 2.30. The van der Waals surface area contributed by atoms with Crippen LogP contribution in [0.1, 0.15) is 5.56 Å². The average Bonchev–Trinajstić information content (AvgIpc) is 3.15. The first-order chi connectivity index (χ1) is 14.0. The van der Waals surface area contributed by atoms with Gasteiger partial charge in [-0.2, -0.15) is 0 Å². The van der Waals surface area contributed by atoms with E-state index in [9.17, 15) is 4.79 Å². The van der Waals surface area contributed by atoms with Gasteiger partial charge in [0.15, 0.2) is 0 Å². The summed E-state index contributed by atoms with van der Waals surface area (Å²) in [4.78, 5) is 21.2. The van der Waals surface area contributed by atoms with Gasteiger partial charge in [-0.3, -0.25) is 9.79 Å². The predicted molar refractivity (Wildman–Crippen MR) is 119 cm³/mol. The molecule has 4 rings (SSSR count). The number of likely N-dealkylation sites (N-methyl/N-ethyl adjacent to an activating group) is 1. The largest absolute Gasteiger partial charge is 0.489 e. The SMILES string of the molecule is CN1C(=P)[C@@H](NC(=O)C2CN(Cc3ccccc3)C=N2)COc2cc(N)ccc21. The van der Waals surface area contributed by atoms with Gasteiger partial charge in [-0.15, -0.1) is 0 Å². The third kappa shape index (κ3) is 4.20. The third-order valence-electron chi connectivity index (χ3n) is 5.11. The summed E-state index contributed by atoms with van der Waals surface area (Å²) in [6, 6.07) is 14.9. The summed E-state index contributed by atoms with van der Waals surface area (Å²) in [6.45, 7) is 1.59. The molecule has 150 valence electrons. The van der Waals surface area contributed by atoms with Crippen LogP contribution in [-0.4, -0.2) is 54.8 Å². The zero-order valence-electron chi connectivity index (χ0n) is 16.2. The van der Waals surface area contributed by atoms with Gasteiger partial charge in [0.2, 0.25) is 5.91 Å². The standard InChI is InChI=1S/C21H24N5O2P/c1-25-18-8-7-15(22)9-19(18)28-12-17(21(25)29)24-20(27)16-11-26(13-23-16)10-14-5-3-2-4-6-14/h2-9,13,16-17,29H,10-12,22H2,1H3,(H,24,27)/t16?,17-/m0/s1. The molecule has 0 aromatic heterocycles. The summed E-state index contributed by atoms with van der Waals surface area (Å²) in [5, 5.41) is 3.05. The summed E-state index contributed by atoms with van der Waals surface area (Å²) in [6.07, 6.45) is 1.75. The fraction of sp³-hybridized carbons (Fsp3) is 0.286. The lowest BCUT2D eigenvalue weighted by Gasteiger charge is -2.25. The van der Waals surface area contributed by atoms with Gasteiger partial charge in [0.1, 0.15) is 24.4 Å². The second kappa shape index (κ2) is 8.13. The highest BCUT2D eigenvalue weighted by atomic mass is 31.0. The Morgan fingerprint density at radius 2 is 2.10 bits per heavy atom. The van der Waals surface area contributed by atoms with Crippen LogP contribution in [0.25, 0.3) is 0 Å². The van der Waals surface area contributed by atoms with Crippen molar-refractivity contribution in [3.05, 3.63) is 54.1 Å². The molecule has 2 aromatic rings. The monoisotopic (exact) mass is 409 g/mol. The summed E-state index contributed by atoms with van der Waals surface area (Å²) >= 11 is 0. The number of amides is 1. The lowest BCUT2D eigenvalue weighted by molar-refractivity contribution is -0.122. The Balaban J connectivity index is 1.38. The summed E-state index contributed by atoms with van der Waals surface area (Å²) < 4.78 is 5.91. The van der Waals surface area contributed by atoms with Gasteiger partial charge in [-0.05, 0) is 17.7 Å². The zero-order chi connectivity index (χ0) is 20.4. The molecule has 2 aromatic carbocycles. The summed E-state index contributed by atoms with van der Waals surface area (Å²) in [5.74, 6) is 0.563. The normalized spacial score (nSPS) is 20.8. The predicted octanol–water partition coefficient (Wildman–Crippen LogP) is 1.77. The Bertz CT molecular complexity index is 949. The molecule has 0 saturated heterocycles. The molecule has 0 saturated carbocycles. The van der Waals surface area contributed by atoms with Crippen LogP contribution in [0.5, 0.6) is 5.75 Å². The Morgan fingerprint density at radius 1 is 1.31 bits per heavy atom. The molecular formula is C21H24N5O2P. The number of aliphatic imine (C=N–C) groups is 1. The molecule has 8 heteroatoms. The molecule has 29 heavy (non-hydrogen) atoms. The molecule has 0 bridgehead atoms. The van der Waals surface area contributed by atoms with E-state index in [1.165, 1.54) is 5.56 Å². The van der Waals surface area contributed by atoms with Gasteiger partial charge in [0.25, 0.3) is 0 Å². The first kappa shape index (κ1) is 19.3. The highest BCUT2D eigenvalue weighted by Crippen LogP contribution is 2.32. The van der Waals surface area contributed by atoms with Crippen LogP contribution in [0.15, 0.2) is 53.5 Å². The van der Waals surface area contributed by atoms with Gasteiger partial charge >= 0.3 is 0 Å². The first-order valence-electron chi connectivity index (χ1n) is 9.47. The maximum absolute atomic E-state index is 12.8. The Labute approximate surface area is 172 Å². The number of hydrogen-bond donors (Lipinski definition) is 2. The number of hydrogen-bond acceptors (Lipinski definition) is 5. The average molecular weight is 409 g/mol. The van der Waals surface area contributed by atoms with E-state index in [-0.39, 0.29) is 11.9 Å². The number of nitrogen functional groups attached to an aromatic ring is 1. The first-order valence-corrected chi connectivity index (χ1v) is 9.97. The van der Waals surface area contributed by atoms with Gasteiger partial charge in [0, 0.05) is 25.3 Å². The van der Waals surface area contributed by atoms with Crippen molar-refractivity contribution in [2.24, 2.45) is 4.99 Å². The van der Waals surface area contributed by atoms with E-state index < -0.39 is 6.04 Å². The van der Waals surface area contributed by atoms with E-state index in [1.54, 1.807) is 12.4 Å². The maximum Gasteiger partial charge on any atom is 0.247 e. The number of nitrogens with two attached hydrogens (primary N) is 1. The number of nitrogens with zero attached hydrogens (tertiary/aromatic N) is 3. The Morgan fingerprint density at radius 3 is 2.90 bits per heavy atom. The summed E-state index contributed by atoms with van der Waals surface area (Å²) in [5.41, 5.74) is 9.38. The van der Waals surface area contributed by atoms with Crippen molar-refractivity contribution < 1.29 is 9.53 Å². The zero-order valence-corrected chi connectivity index (χ0v) is 17.2. The van der Waals surface area contributed by atoms with Gasteiger partial charge < -0.3 is 25.6 Å². The highest BCUT2D eigenvalue weighted by molar-refractivity contribution is 7.22. The second-order valence-corrected chi connectivity index (χ2v) is 7.75. The van der Waals surface area contributed by atoms with Crippen LogP contribution in [0, 0.1) is 0 Å². The molecule has 2 aliphatic heterocycles. The van der Waals surface area contributed by atoms with E-state index in [1.807, 2.05) is 47.2 Å². The minimum Gasteiger partial charge on any atom is -0.489 e. The van der Waals surface area contributed by atoms with Crippen molar-refractivity contribution in [3.63, 3.8) is 0 Å². The van der Waals surface area contributed by atoms with E-state index >= 15 is 0 Å². The van der Waals surface area contributed by atoms with Gasteiger partial charge in [0.05, 0.1) is 24.0 Å². The molecule has 1 unspecified atom stereocenters. The molecule has 1 amide bonds. The van der Waals surface area contributed by atoms with Crippen molar-refractivity contribution >= 4 is 37.9 Å². The Hall–Kier alpha value is -3.05. The van der Waals surface area contributed by atoms with Crippen LogP contribution < -0.4 is 20.7 Å². The van der Waals surface area contributed by atoms with Crippen molar-refractivity contribution in [1.29, 1.82) is 0 Å². The number of anilines is 2. The van der Waals surface area contributed by atoms with Crippen LogP contribution in [-0.2, 0) is 11.3 Å². The molecule has 0 spiro atoms. The smallest absolute Gasteiger partial charge is 0.247 e. The molecule has 2 heterocycles. The molecule has 0 aliphatic carbocycles. The van der Waals surface area contributed by atoms with E-state index in [0.717, 1.165) is 17.6 Å².